The molecule has 35 heavy (non-hydrogen) atoms. The number of rotatable bonds is 5. The smallest absolute Gasteiger partial charge is 0.475 e. The van der Waals surface area contributed by atoms with Gasteiger partial charge in [0.2, 0.25) is 0 Å². The quantitative estimate of drug-likeness (QED) is 0.544. The number of piperidine rings is 1. The maximum Gasteiger partial charge on any atom is 0.490 e. The predicted molar refractivity (Wildman–Crippen MR) is 112 cm³/mol. The Hall–Kier alpha value is -2.41. The number of ether oxygens (including phenoxy) is 1. The summed E-state index contributed by atoms with van der Waals surface area (Å²) in [5.41, 5.74) is 1.94. The van der Waals surface area contributed by atoms with E-state index in [0.29, 0.717) is 17.4 Å². The summed E-state index contributed by atoms with van der Waals surface area (Å²) in [5, 5.41) is 14.2. The predicted octanol–water partition coefficient (Wildman–Crippen LogP) is 4.77. The minimum absolute atomic E-state index is 0.539. The molecule has 0 atom stereocenters. The van der Waals surface area contributed by atoms with Crippen LogP contribution in [0.25, 0.3) is 0 Å². The third kappa shape index (κ3) is 11.7. The van der Waals surface area contributed by atoms with Gasteiger partial charge >= 0.3 is 24.3 Å². The normalized spacial score (nSPS) is 18.1. The summed E-state index contributed by atoms with van der Waals surface area (Å²) >= 11 is 0. The number of carbonyl (C=O) groups is 2. The van der Waals surface area contributed by atoms with Gasteiger partial charge in [0.15, 0.2) is 0 Å². The van der Waals surface area contributed by atoms with E-state index in [1.807, 2.05) is 18.5 Å². The number of halogens is 6. The Balaban J connectivity index is 0.000000362. The van der Waals surface area contributed by atoms with Gasteiger partial charge in [-0.15, -0.1) is 0 Å². The summed E-state index contributed by atoms with van der Waals surface area (Å²) in [4.78, 5) is 24.6. The molecule has 1 spiro atoms. The highest BCUT2D eigenvalue weighted by molar-refractivity contribution is 5.73. The molecule has 1 saturated carbocycles. The number of hydrogen-bond acceptors (Lipinski definition) is 5. The van der Waals surface area contributed by atoms with E-state index in [-0.39, 0.29) is 0 Å². The standard InChI is InChI=1S/C18H28N2O.2C2HF3O2/c1-15(2)14-21-17-10-18(11-17)5-8-20(9-6-18)13-16-4-3-7-19-12-16;2*3-2(4,5)1(6)7/h3-4,7,12,15,17H,5-6,8-11,13-14H2,1-2H3;2*(H,6,7). The first-order valence-electron chi connectivity index (χ1n) is 10.9. The molecule has 0 radical (unpaired) electrons. The van der Waals surface area contributed by atoms with Gasteiger partial charge in [-0.05, 0) is 61.7 Å². The molecule has 1 aromatic rings. The van der Waals surface area contributed by atoms with Gasteiger partial charge in [-0.1, -0.05) is 19.9 Å². The Kier molecular flexibility index (Phi) is 11.4. The Morgan fingerprint density at radius 1 is 1.09 bits per heavy atom. The fourth-order valence-electron chi connectivity index (χ4n) is 3.70. The molecule has 3 rings (SSSR count). The zero-order valence-electron chi connectivity index (χ0n) is 19.4. The Labute approximate surface area is 199 Å². The molecule has 0 unspecified atom stereocenters. The van der Waals surface area contributed by atoms with Crippen LogP contribution in [-0.4, -0.2) is 70.2 Å². The lowest BCUT2D eigenvalue weighted by Gasteiger charge is -2.52. The molecule has 2 fully saturated rings. The topological polar surface area (TPSA) is 100.0 Å². The van der Waals surface area contributed by atoms with Crippen LogP contribution in [0.15, 0.2) is 24.5 Å². The Morgan fingerprint density at radius 3 is 1.94 bits per heavy atom. The second kappa shape index (κ2) is 13.1. The zero-order chi connectivity index (χ0) is 26.9. The van der Waals surface area contributed by atoms with Crippen molar-refractivity contribution >= 4 is 11.9 Å². The largest absolute Gasteiger partial charge is 0.490 e. The summed E-state index contributed by atoms with van der Waals surface area (Å²) in [6.07, 6.45) is -0.522. The fraction of sp³-hybridized carbons (Fsp3) is 0.682. The first-order chi connectivity index (χ1) is 16.0. The molecule has 200 valence electrons. The van der Waals surface area contributed by atoms with E-state index < -0.39 is 24.3 Å². The van der Waals surface area contributed by atoms with Gasteiger partial charge in [-0.2, -0.15) is 26.3 Å². The van der Waals surface area contributed by atoms with Gasteiger partial charge in [0.25, 0.3) is 0 Å². The number of aromatic nitrogens is 1. The van der Waals surface area contributed by atoms with Gasteiger partial charge in [0.1, 0.15) is 0 Å². The first-order valence-corrected chi connectivity index (χ1v) is 10.9. The molecule has 0 amide bonds. The lowest BCUT2D eigenvalue weighted by atomic mass is 9.61. The van der Waals surface area contributed by atoms with Crippen molar-refractivity contribution in [3.63, 3.8) is 0 Å². The maximum absolute atomic E-state index is 10.6. The van der Waals surface area contributed by atoms with Crippen LogP contribution in [-0.2, 0) is 20.9 Å². The molecule has 2 aliphatic rings. The number of pyridine rings is 1. The number of aliphatic carboxylic acids is 2. The number of alkyl halides is 6. The molecule has 0 bridgehead atoms. The molecule has 1 aliphatic heterocycles. The number of carboxylic acid groups (broad SMARTS) is 2. The summed E-state index contributed by atoms with van der Waals surface area (Å²) < 4.78 is 69.4. The minimum atomic E-state index is -5.08. The molecule has 7 nitrogen and oxygen atoms in total. The van der Waals surface area contributed by atoms with Gasteiger partial charge < -0.3 is 14.9 Å². The van der Waals surface area contributed by atoms with Crippen molar-refractivity contribution in [3.05, 3.63) is 30.1 Å². The van der Waals surface area contributed by atoms with E-state index in [2.05, 4.69) is 29.8 Å². The average Bonchev–Trinajstić information content (AvgIpc) is 2.72. The average molecular weight is 516 g/mol. The monoisotopic (exact) mass is 516 g/mol. The minimum Gasteiger partial charge on any atom is -0.475 e. The summed E-state index contributed by atoms with van der Waals surface area (Å²) in [5.74, 6) is -4.86. The lowest BCUT2D eigenvalue weighted by Crippen LogP contribution is -2.49. The highest BCUT2D eigenvalue weighted by atomic mass is 19.4. The van der Waals surface area contributed by atoms with Crippen LogP contribution in [0.2, 0.25) is 0 Å². The second-order valence-electron chi connectivity index (χ2n) is 9.00. The van der Waals surface area contributed by atoms with E-state index in [0.717, 1.165) is 13.2 Å². The van der Waals surface area contributed by atoms with Crippen LogP contribution >= 0.6 is 0 Å². The molecule has 0 aromatic carbocycles. The third-order valence-electron chi connectivity index (χ3n) is 5.52. The van der Waals surface area contributed by atoms with Crippen LogP contribution in [0.4, 0.5) is 26.3 Å². The maximum atomic E-state index is 10.6. The van der Waals surface area contributed by atoms with Gasteiger partial charge in [0, 0.05) is 25.5 Å². The molecule has 2 heterocycles. The molecular formula is C22H30F6N2O5. The van der Waals surface area contributed by atoms with Crippen molar-refractivity contribution in [1.29, 1.82) is 0 Å². The summed E-state index contributed by atoms with van der Waals surface area (Å²) in [6, 6.07) is 4.21. The number of carboxylic acids is 2. The van der Waals surface area contributed by atoms with Gasteiger partial charge in [-0.25, -0.2) is 9.59 Å². The Morgan fingerprint density at radius 2 is 1.57 bits per heavy atom. The molecule has 1 aliphatic carbocycles. The molecular weight excluding hydrogens is 486 g/mol. The van der Waals surface area contributed by atoms with Crippen molar-refractivity contribution < 1.29 is 50.9 Å². The number of hydrogen-bond donors (Lipinski definition) is 2. The van der Waals surface area contributed by atoms with Crippen molar-refractivity contribution in [2.45, 2.75) is 64.5 Å². The SMILES string of the molecule is CC(C)COC1CC2(CCN(Cc3cccnc3)CC2)C1.O=C(O)C(F)(F)F.O=C(O)C(F)(F)F. The number of nitrogens with zero attached hydrogens (tertiary/aromatic N) is 2. The van der Waals surface area contributed by atoms with Crippen molar-refractivity contribution in [1.82, 2.24) is 9.88 Å². The molecule has 1 saturated heterocycles. The third-order valence-corrected chi connectivity index (χ3v) is 5.52. The summed E-state index contributed by atoms with van der Waals surface area (Å²) in [6.45, 7) is 8.89. The molecule has 2 N–H and O–H groups in total. The van der Waals surface area contributed by atoms with Crippen LogP contribution in [0.1, 0.15) is 45.1 Å². The molecule has 13 heteroatoms. The van der Waals surface area contributed by atoms with Crippen molar-refractivity contribution in [2.75, 3.05) is 19.7 Å². The number of likely N-dealkylation sites (tertiary alicyclic amines) is 1. The molecule has 1 aromatic heterocycles. The van der Waals surface area contributed by atoms with Gasteiger partial charge in [-0.3, -0.25) is 9.88 Å². The fourth-order valence-corrected chi connectivity index (χ4v) is 3.70. The highest BCUT2D eigenvalue weighted by Gasteiger charge is 2.46. The van der Waals surface area contributed by atoms with E-state index in [1.165, 1.54) is 44.3 Å². The van der Waals surface area contributed by atoms with E-state index in [9.17, 15) is 26.3 Å². The van der Waals surface area contributed by atoms with E-state index in [4.69, 9.17) is 24.5 Å². The van der Waals surface area contributed by atoms with Crippen LogP contribution in [0, 0.1) is 11.3 Å². The summed E-state index contributed by atoms with van der Waals surface area (Å²) in [7, 11) is 0. The van der Waals surface area contributed by atoms with Gasteiger partial charge in [0.05, 0.1) is 6.10 Å². The van der Waals surface area contributed by atoms with Crippen LogP contribution < -0.4 is 0 Å². The highest BCUT2D eigenvalue weighted by Crippen LogP contribution is 2.50. The lowest BCUT2D eigenvalue weighted by molar-refractivity contribution is -0.193. The van der Waals surface area contributed by atoms with Crippen molar-refractivity contribution in [3.8, 4) is 0 Å². The van der Waals surface area contributed by atoms with E-state index in [1.54, 1.807) is 0 Å². The zero-order valence-corrected chi connectivity index (χ0v) is 19.4. The van der Waals surface area contributed by atoms with Crippen molar-refractivity contribution in [2.24, 2.45) is 11.3 Å². The Bertz CT molecular complexity index is 762. The van der Waals surface area contributed by atoms with E-state index >= 15 is 0 Å². The first kappa shape index (κ1) is 30.6. The second-order valence-corrected chi connectivity index (χ2v) is 9.00. The van der Waals surface area contributed by atoms with Crippen LogP contribution in [0.3, 0.4) is 0 Å². The van der Waals surface area contributed by atoms with Crippen LogP contribution in [0.5, 0.6) is 0 Å².